The van der Waals surface area contributed by atoms with E-state index >= 15 is 0 Å². The largest absolute Gasteiger partial charge is 0.496 e. The molecule has 7 nitrogen and oxygen atoms in total. The van der Waals surface area contributed by atoms with Crippen LogP contribution in [-0.2, 0) is 21.2 Å². The van der Waals surface area contributed by atoms with Crippen LogP contribution in [0.2, 0.25) is 0 Å². The maximum atomic E-state index is 13.4. The highest BCUT2D eigenvalue weighted by molar-refractivity contribution is 7.92. The molecule has 184 valence electrons. The molecular formula is C27H30N2O5S. The van der Waals surface area contributed by atoms with E-state index in [0.29, 0.717) is 44.0 Å². The van der Waals surface area contributed by atoms with E-state index in [-0.39, 0.29) is 16.6 Å². The molecule has 35 heavy (non-hydrogen) atoms. The van der Waals surface area contributed by atoms with Gasteiger partial charge in [0, 0.05) is 19.7 Å². The summed E-state index contributed by atoms with van der Waals surface area (Å²) in [5, 5.41) is 2.84. The minimum atomic E-state index is -3.82. The number of anilines is 1. The Labute approximate surface area is 206 Å². The first-order valence-electron chi connectivity index (χ1n) is 11.6. The van der Waals surface area contributed by atoms with Gasteiger partial charge in [-0.3, -0.25) is 9.10 Å². The van der Waals surface area contributed by atoms with Crippen molar-refractivity contribution in [3.8, 4) is 5.75 Å². The third-order valence-corrected chi connectivity index (χ3v) is 7.90. The van der Waals surface area contributed by atoms with Crippen LogP contribution in [0, 0.1) is 0 Å². The van der Waals surface area contributed by atoms with Crippen molar-refractivity contribution in [1.82, 2.24) is 5.32 Å². The number of carbonyl (C=O) groups excluding carboxylic acids is 1. The second-order valence-corrected chi connectivity index (χ2v) is 10.2. The number of methoxy groups -OCH3 is 1. The minimum absolute atomic E-state index is 0.0374. The summed E-state index contributed by atoms with van der Waals surface area (Å²) in [6, 6.07) is 21.8. The molecule has 0 spiro atoms. The molecule has 4 rings (SSSR count). The first-order valence-corrected chi connectivity index (χ1v) is 13.1. The van der Waals surface area contributed by atoms with Gasteiger partial charge in [-0.1, -0.05) is 48.5 Å². The van der Waals surface area contributed by atoms with Crippen molar-refractivity contribution in [2.24, 2.45) is 0 Å². The predicted octanol–water partition coefficient (Wildman–Crippen LogP) is 4.34. The summed E-state index contributed by atoms with van der Waals surface area (Å²) < 4.78 is 39.4. The number of ether oxygens (including phenoxy) is 2. The summed E-state index contributed by atoms with van der Waals surface area (Å²) in [4.78, 5) is 13.0. The van der Waals surface area contributed by atoms with Crippen molar-refractivity contribution in [1.29, 1.82) is 0 Å². The van der Waals surface area contributed by atoms with Gasteiger partial charge in [0.1, 0.15) is 5.75 Å². The van der Waals surface area contributed by atoms with E-state index in [0.717, 1.165) is 11.1 Å². The lowest BCUT2D eigenvalue weighted by atomic mass is 10.1. The molecular weight excluding hydrogens is 464 g/mol. The van der Waals surface area contributed by atoms with Crippen molar-refractivity contribution in [3.63, 3.8) is 0 Å². The molecule has 0 radical (unpaired) electrons. The SMILES string of the molecule is COc1ccc(S(=O)(=O)N2CCc3ccccc32)cc1C(=O)NCCCOC(C)c1ccccc1. The van der Waals surface area contributed by atoms with Crippen LogP contribution in [0.15, 0.2) is 77.7 Å². The molecule has 0 aromatic heterocycles. The number of sulfonamides is 1. The van der Waals surface area contributed by atoms with Crippen LogP contribution in [-0.4, -0.2) is 41.1 Å². The Morgan fingerprint density at radius 1 is 1.06 bits per heavy atom. The number of hydrogen-bond donors (Lipinski definition) is 1. The second-order valence-electron chi connectivity index (χ2n) is 8.35. The van der Waals surface area contributed by atoms with Gasteiger partial charge >= 0.3 is 0 Å². The second kappa shape index (κ2) is 10.9. The zero-order valence-electron chi connectivity index (χ0n) is 19.9. The predicted molar refractivity (Wildman–Crippen MR) is 135 cm³/mol. The fraction of sp³-hybridized carbons (Fsp3) is 0.296. The molecule has 1 unspecified atom stereocenters. The zero-order chi connectivity index (χ0) is 24.8. The standard InChI is InChI=1S/C27H30N2O5S/c1-20(21-9-4-3-5-10-21)34-18-8-16-28-27(30)24-19-23(13-14-26(24)33-2)35(31,32)29-17-15-22-11-6-7-12-25(22)29/h3-7,9-14,19-20H,8,15-18H2,1-2H3,(H,28,30). The quantitative estimate of drug-likeness (QED) is 0.424. The Balaban J connectivity index is 1.40. The van der Waals surface area contributed by atoms with Crippen molar-refractivity contribution in [2.75, 3.05) is 31.1 Å². The van der Waals surface area contributed by atoms with E-state index in [9.17, 15) is 13.2 Å². The maximum Gasteiger partial charge on any atom is 0.264 e. The first kappa shape index (κ1) is 24.8. The smallest absolute Gasteiger partial charge is 0.264 e. The number of nitrogens with one attached hydrogen (secondary N) is 1. The Morgan fingerprint density at radius 3 is 2.57 bits per heavy atom. The van der Waals surface area contributed by atoms with Crippen LogP contribution >= 0.6 is 0 Å². The summed E-state index contributed by atoms with van der Waals surface area (Å²) in [6.45, 7) is 3.23. The normalized spacial score (nSPS) is 13.8. The molecule has 0 saturated heterocycles. The lowest BCUT2D eigenvalue weighted by molar-refractivity contribution is 0.0635. The molecule has 0 saturated carbocycles. The van der Waals surface area contributed by atoms with Gasteiger partial charge < -0.3 is 14.8 Å². The van der Waals surface area contributed by atoms with Crippen molar-refractivity contribution in [2.45, 2.75) is 30.8 Å². The van der Waals surface area contributed by atoms with E-state index < -0.39 is 15.9 Å². The van der Waals surface area contributed by atoms with Crippen LogP contribution in [0.3, 0.4) is 0 Å². The molecule has 1 atom stereocenters. The molecule has 1 aliphatic rings. The third-order valence-electron chi connectivity index (χ3n) is 6.09. The topological polar surface area (TPSA) is 84.9 Å². The molecule has 1 N–H and O–H groups in total. The lowest BCUT2D eigenvalue weighted by Gasteiger charge is -2.20. The molecule has 1 aliphatic heterocycles. The van der Waals surface area contributed by atoms with Crippen LogP contribution in [0.5, 0.6) is 5.75 Å². The van der Waals surface area contributed by atoms with Crippen molar-refractivity contribution < 1.29 is 22.7 Å². The van der Waals surface area contributed by atoms with E-state index in [1.165, 1.54) is 29.6 Å². The number of amides is 1. The van der Waals surface area contributed by atoms with Gasteiger partial charge in [-0.2, -0.15) is 0 Å². The van der Waals surface area contributed by atoms with Gasteiger partial charge in [0.05, 0.1) is 29.4 Å². The average Bonchev–Trinajstić information content (AvgIpc) is 3.33. The molecule has 1 heterocycles. The maximum absolute atomic E-state index is 13.4. The zero-order valence-corrected chi connectivity index (χ0v) is 20.8. The summed E-state index contributed by atoms with van der Waals surface area (Å²) in [6.07, 6.45) is 1.24. The Bertz CT molecular complexity index is 1280. The van der Waals surface area contributed by atoms with Gasteiger partial charge in [-0.25, -0.2) is 8.42 Å². The van der Waals surface area contributed by atoms with E-state index in [1.807, 2.05) is 55.5 Å². The average molecular weight is 495 g/mol. The lowest BCUT2D eigenvalue weighted by Crippen LogP contribution is -2.30. The monoisotopic (exact) mass is 494 g/mol. The number of nitrogens with zero attached hydrogens (tertiary/aromatic N) is 1. The van der Waals surface area contributed by atoms with Crippen LogP contribution in [0.4, 0.5) is 5.69 Å². The highest BCUT2D eigenvalue weighted by Crippen LogP contribution is 2.34. The fourth-order valence-electron chi connectivity index (χ4n) is 4.16. The molecule has 3 aromatic rings. The van der Waals surface area contributed by atoms with Gasteiger partial charge in [-0.05, 0) is 55.2 Å². The highest BCUT2D eigenvalue weighted by atomic mass is 32.2. The number of fused-ring (bicyclic) bond motifs is 1. The molecule has 3 aromatic carbocycles. The molecule has 0 aliphatic carbocycles. The minimum Gasteiger partial charge on any atom is -0.496 e. The van der Waals surface area contributed by atoms with E-state index in [1.54, 1.807) is 6.07 Å². The first-order chi connectivity index (χ1) is 16.9. The Kier molecular flexibility index (Phi) is 7.73. The number of carbonyl (C=O) groups is 1. The number of para-hydroxylation sites is 1. The summed E-state index contributed by atoms with van der Waals surface area (Å²) >= 11 is 0. The summed E-state index contributed by atoms with van der Waals surface area (Å²) in [5.74, 6) is -0.0750. The number of benzene rings is 3. The third kappa shape index (κ3) is 5.49. The van der Waals surface area contributed by atoms with Gasteiger partial charge in [0.15, 0.2) is 0 Å². The molecule has 1 amide bonds. The van der Waals surface area contributed by atoms with Gasteiger partial charge in [0.2, 0.25) is 0 Å². The van der Waals surface area contributed by atoms with Crippen LogP contribution in [0.1, 0.15) is 40.9 Å². The number of rotatable bonds is 10. The van der Waals surface area contributed by atoms with Crippen LogP contribution < -0.4 is 14.4 Å². The Hall–Kier alpha value is -3.36. The summed E-state index contributed by atoms with van der Waals surface area (Å²) in [5.41, 5.74) is 2.95. The van der Waals surface area contributed by atoms with Crippen LogP contribution in [0.25, 0.3) is 0 Å². The van der Waals surface area contributed by atoms with Crippen molar-refractivity contribution >= 4 is 21.6 Å². The van der Waals surface area contributed by atoms with Gasteiger partial charge in [-0.15, -0.1) is 0 Å². The van der Waals surface area contributed by atoms with E-state index in [2.05, 4.69) is 5.32 Å². The highest BCUT2D eigenvalue weighted by Gasteiger charge is 2.31. The summed E-state index contributed by atoms with van der Waals surface area (Å²) in [7, 11) is -2.37. The van der Waals surface area contributed by atoms with E-state index in [4.69, 9.17) is 9.47 Å². The fourth-order valence-corrected chi connectivity index (χ4v) is 5.69. The Morgan fingerprint density at radius 2 is 1.80 bits per heavy atom. The molecule has 0 fully saturated rings. The number of hydrogen-bond acceptors (Lipinski definition) is 5. The van der Waals surface area contributed by atoms with Gasteiger partial charge in [0.25, 0.3) is 15.9 Å². The molecule has 0 bridgehead atoms. The van der Waals surface area contributed by atoms with Crippen molar-refractivity contribution in [3.05, 3.63) is 89.5 Å². The molecule has 8 heteroatoms.